The van der Waals surface area contributed by atoms with E-state index in [9.17, 15) is 9.59 Å². The summed E-state index contributed by atoms with van der Waals surface area (Å²) in [5.41, 5.74) is 1.83. The summed E-state index contributed by atoms with van der Waals surface area (Å²) < 4.78 is 0. The summed E-state index contributed by atoms with van der Waals surface area (Å²) in [5, 5.41) is 8.91. The maximum Gasteiger partial charge on any atom is 0.227 e. The standard InChI is InChI=1S/C17H25N3O2.ClH/c1-11(10-18-3)16(21)19-12(2)13-6-8-15(9-7-13)20-17(22)14-4-5-14;/h6-9,11-12,14,18H,4-5,10H2,1-3H3,(H,19,21)(H,20,22);1H. The van der Waals surface area contributed by atoms with Crippen LogP contribution in [0.2, 0.25) is 0 Å². The van der Waals surface area contributed by atoms with E-state index in [1.807, 2.05) is 45.2 Å². The Morgan fingerprint density at radius 1 is 1.17 bits per heavy atom. The van der Waals surface area contributed by atoms with Crippen molar-refractivity contribution in [2.75, 3.05) is 18.9 Å². The van der Waals surface area contributed by atoms with Crippen LogP contribution in [0, 0.1) is 11.8 Å². The lowest BCUT2D eigenvalue weighted by molar-refractivity contribution is -0.125. The number of rotatable bonds is 7. The molecule has 2 atom stereocenters. The van der Waals surface area contributed by atoms with Crippen molar-refractivity contribution in [2.45, 2.75) is 32.7 Å². The van der Waals surface area contributed by atoms with Crippen LogP contribution in [-0.2, 0) is 9.59 Å². The van der Waals surface area contributed by atoms with E-state index in [4.69, 9.17) is 0 Å². The van der Waals surface area contributed by atoms with E-state index in [-0.39, 0.29) is 42.1 Å². The van der Waals surface area contributed by atoms with Gasteiger partial charge in [-0.3, -0.25) is 9.59 Å². The summed E-state index contributed by atoms with van der Waals surface area (Å²) in [4.78, 5) is 23.7. The molecule has 1 aliphatic rings. The number of amides is 2. The number of carbonyl (C=O) groups excluding carboxylic acids is 2. The maximum absolute atomic E-state index is 12.0. The molecule has 2 amide bonds. The fourth-order valence-electron chi connectivity index (χ4n) is 2.28. The van der Waals surface area contributed by atoms with E-state index in [1.165, 1.54) is 0 Å². The van der Waals surface area contributed by atoms with Gasteiger partial charge in [-0.05, 0) is 44.5 Å². The van der Waals surface area contributed by atoms with Gasteiger partial charge in [-0.15, -0.1) is 12.4 Å². The second-order valence-electron chi connectivity index (χ2n) is 6.07. The average Bonchev–Trinajstić information content (AvgIpc) is 3.32. The number of benzene rings is 1. The van der Waals surface area contributed by atoms with Crippen molar-refractivity contribution < 1.29 is 9.59 Å². The van der Waals surface area contributed by atoms with Gasteiger partial charge < -0.3 is 16.0 Å². The zero-order chi connectivity index (χ0) is 16.1. The van der Waals surface area contributed by atoms with Gasteiger partial charge in [0.25, 0.3) is 0 Å². The molecular formula is C17H26ClN3O2. The fourth-order valence-corrected chi connectivity index (χ4v) is 2.28. The highest BCUT2D eigenvalue weighted by molar-refractivity contribution is 5.94. The van der Waals surface area contributed by atoms with Crippen LogP contribution in [0.5, 0.6) is 0 Å². The normalized spacial score (nSPS) is 16.0. The third kappa shape index (κ3) is 5.84. The maximum atomic E-state index is 12.0. The number of carbonyl (C=O) groups is 2. The second kappa shape index (κ2) is 8.89. The van der Waals surface area contributed by atoms with Gasteiger partial charge in [-0.1, -0.05) is 19.1 Å². The summed E-state index contributed by atoms with van der Waals surface area (Å²) in [5.74, 6) is 0.277. The molecule has 0 aromatic heterocycles. The van der Waals surface area contributed by atoms with Gasteiger partial charge in [-0.25, -0.2) is 0 Å². The first-order valence-electron chi connectivity index (χ1n) is 7.87. The van der Waals surface area contributed by atoms with Crippen molar-refractivity contribution in [1.29, 1.82) is 0 Å². The molecule has 1 aromatic carbocycles. The smallest absolute Gasteiger partial charge is 0.227 e. The third-order valence-electron chi connectivity index (χ3n) is 3.94. The number of hydrogen-bond acceptors (Lipinski definition) is 3. The number of hydrogen-bond donors (Lipinski definition) is 3. The van der Waals surface area contributed by atoms with E-state index in [0.717, 1.165) is 24.1 Å². The quantitative estimate of drug-likeness (QED) is 0.714. The van der Waals surface area contributed by atoms with Crippen LogP contribution in [-0.4, -0.2) is 25.4 Å². The van der Waals surface area contributed by atoms with Crippen molar-refractivity contribution in [3.8, 4) is 0 Å². The predicted molar refractivity (Wildman–Crippen MR) is 94.7 cm³/mol. The highest BCUT2D eigenvalue weighted by Gasteiger charge is 2.29. The summed E-state index contributed by atoms with van der Waals surface area (Å²) >= 11 is 0. The highest BCUT2D eigenvalue weighted by Crippen LogP contribution is 2.30. The van der Waals surface area contributed by atoms with Crippen molar-refractivity contribution in [3.63, 3.8) is 0 Å². The Morgan fingerprint density at radius 2 is 1.78 bits per heavy atom. The Balaban J connectivity index is 0.00000264. The van der Waals surface area contributed by atoms with Crippen LogP contribution >= 0.6 is 12.4 Å². The molecule has 1 aromatic rings. The minimum Gasteiger partial charge on any atom is -0.349 e. The molecule has 2 rings (SSSR count). The number of anilines is 1. The lowest BCUT2D eigenvalue weighted by Crippen LogP contribution is -2.35. The first kappa shape index (κ1) is 19.5. The largest absolute Gasteiger partial charge is 0.349 e. The minimum atomic E-state index is -0.0652. The van der Waals surface area contributed by atoms with Gasteiger partial charge in [0, 0.05) is 24.1 Å². The first-order chi connectivity index (χ1) is 10.5. The molecule has 3 N–H and O–H groups in total. The molecule has 0 spiro atoms. The van der Waals surface area contributed by atoms with E-state index in [2.05, 4.69) is 16.0 Å². The fraction of sp³-hybridized carbons (Fsp3) is 0.529. The SMILES string of the molecule is CNCC(C)C(=O)NC(C)c1ccc(NC(=O)C2CC2)cc1.Cl. The van der Waals surface area contributed by atoms with Gasteiger partial charge in [0.15, 0.2) is 0 Å². The molecule has 1 fully saturated rings. The summed E-state index contributed by atoms with van der Waals surface area (Å²) in [7, 11) is 1.84. The average molecular weight is 340 g/mol. The number of halogens is 1. The Labute approximate surface area is 144 Å². The van der Waals surface area contributed by atoms with Crippen LogP contribution in [0.1, 0.15) is 38.3 Å². The predicted octanol–water partition coefficient (Wildman–Crippen LogP) is 2.49. The van der Waals surface area contributed by atoms with E-state index < -0.39 is 0 Å². The van der Waals surface area contributed by atoms with Crippen molar-refractivity contribution in [2.24, 2.45) is 11.8 Å². The van der Waals surface area contributed by atoms with Gasteiger partial charge in [-0.2, -0.15) is 0 Å². The van der Waals surface area contributed by atoms with Crippen LogP contribution in [0.25, 0.3) is 0 Å². The molecule has 0 radical (unpaired) electrons. The third-order valence-corrected chi connectivity index (χ3v) is 3.94. The molecular weight excluding hydrogens is 314 g/mol. The second-order valence-corrected chi connectivity index (χ2v) is 6.07. The van der Waals surface area contributed by atoms with Crippen LogP contribution < -0.4 is 16.0 Å². The van der Waals surface area contributed by atoms with Crippen molar-refractivity contribution >= 4 is 29.9 Å². The topological polar surface area (TPSA) is 70.2 Å². The zero-order valence-corrected chi connectivity index (χ0v) is 14.7. The van der Waals surface area contributed by atoms with E-state index in [1.54, 1.807) is 0 Å². The minimum absolute atomic E-state index is 0. The number of nitrogens with one attached hydrogen (secondary N) is 3. The molecule has 0 aliphatic heterocycles. The van der Waals surface area contributed by atoms with Crippen molar-refractivity contribution in [3.05, 3.63) is 29.8 Å². The van der Waals surface area contributed by atoms with Crippen molar-refractivity contribution in [1.82, 2.24) is 10.6 Å². The molecule has 23 heavy (non-hydrogen) atoms. The van der Waals surface area contributed by atoms with Gasteiger partial charge >= 0.3 is 0 Å². The molecule has 2 unspecified atom stereocenters. The van der Waals surface area contributed by atoms with E-state index >= 15 is 0 Å². The Hall–Kier alpha value is -1.59. The Morgan fingerprint density at radius 3 is 2.30 bits per heavy atom. The monoisotopic (exact) mass is 339 g/mol. The van der Waals surface area contributed by atoms with Crippen LogP contribution in [0.4, 0.5) is 5.69 Å². The zero-order valence-electron chi connectivity index (χ0n) is 13.9. The first-order valence-corrected chi connectivity index (χ1v) is 7.87. The molecule has 1 aliphatic carbocycles. The molecule has 0 bridgehead atoms. The summed E-state index contributed by atoms with van der Waals surface area (Å²) in [6, 6.07) is 7.59. The molecule has 1 saturated carbocycles. The highest BCUT2D eigenvalue weighted by atomic mass is 35.5. The summed E-state index contributed by atoms with van der Waals surface area (Å²) in [6.45, 7) is 4.52. The lowest BCUT2D eigenvalue weighted by atomic mass is 10.1. The van der Waals surface area contributed by atoms with Crippen LogP contribution in [0.15, 0.2) is 24.3 Å². The molecule has 128 valence electrons. The molecule has 5 nitrogen and oxygen atoms in total. The molecule has 6 heteroatoms. The summed E-state index contributed by atoms with van der Waals surface area (Å²) in [6.07, 6.45) is 2.00. The Bertz CT molecular complexity index is 529. The van der Waals surface area contributed by atoms with E-state index in [0.29, 0.717) is 6.54 Å². The van der Waals surface area contributed by atoms with Gasteiger partial charge in [0.05, 0.1) is 6.04 Å². The van der Waals surface area contributed by atoms with Crippen LogP contribution in [0.3, 0.4) is 0 Å². The van der Waals surface area contributed by atoms with Gasteiger partial charge in [0.1, 0.15) is 0 Å². The lowest BCUT2D eigenvalue weighted by Gasteiger charge is -2.18. The van der Waals surface area contributed by atoms with Gasteiger partial charge in [0.2, 0.25) is 11.8 Å². The molecule has 0 saturated heterocycles. The molecule has 0 heterocycles. The Kier molecular flexibility index (Phi) is 7.52.